The minimum absolute atomic E-state index is 0.0567. The maximum Gasteiger partial charge on any atom is 0.252 e. The van der Waals surface area contributed by atoms with Gasteiger partial charge in [0.25, 0.3) is 5.91 Å². The van der Waals surface area contributed by atoms with E-state index in [1.165, 1.54) is 0 Å². The van der Waals surface area contributed by atoms with Crippen molar-refractivity contribution in [3.63, 3.8) is 0 Å². The zero-order chi connectivity index (χ0) is 12.3. The van der Waals surface area contributed by atoms with Crippen molar-refractivity contribution in [1.29, 1.82) is 0 Å². The molecule has 0 saturated carbocycles. The maximum absolute atomic E-state index is 12.0. The van der Waals surface area contributed by atoms with Gasteiger partial charge in [-0.2, -0.15) is 0 Å². The molecule has 1 unspecified atom stereocenters. The van der Waals surface area contributed by atoms with Crippen molar-refractivity contribution in [1.82, 2.24) is 5.32 Å². The highest BCUT2D eigenvalue weighted by Gasteiger charge is 2.22. The molecule has 0 bridgehead atoms. The fourth-order valence-electron chi connectivity index (χ4n) is 1.16. The number of nitrogens with one attached hydrogen (secondary N) is 1. The van der Waals surface area contributed by atoms with Crippen LogP contribution in [0.5, 0.6) is 0 Å². The zero-order valence-electron chi connectivity index (χ0n) is 10.2. The number of hydrogen-bond donors (Lipinski definition) is 2. The summed E-state index contributed by atoms with van der Waals surface area (Å²) in [5.41, 5.74) is 0.684. The SMILES string of the molecule is CC(NC(=O)c1ccccc1S)C(C)(C)C. The predicted octanol–water partition coefficient (Wildman–Crippen LogP) is 3.14. The summed E-state index contributed by atoms with van der Waals surface area (Å²) >= 11 is 4.27. The van der Waals surface area contributed by atoms with Crippen molar-refractivity contribution in [2.75, 3.05) is 0 Å². The molecule has 1 amide bonds. The van der Waals surface area contributed by atoms with Gasteiger partial charge in [-0.3, -0.25) is 4.79 Å². The van der Waals surface area contributed by atoms with E-state index in [-0.39, 0.29) is 17.4 Å². The molecule has 1 aromatic rings. The Kier molecular flexibility index (Phi) is 4.03. The van der Waals surface area contributed by atoms with Crippen LogP contribution in [-0.2, 0) is 0 Å². The minimum atomic E-state index is -0.0620. The lowest BCUT2D eigenvalue weighted by Crippen LogP contribution is -2.41. The quantitative estimate of drug-likeness (QED) is 0.760. The van der Waals surface area contributed by atoms with Crippen LogP contribution in [0.3, 0.4) is 0 Å². The zero-order valence-corrected chi connectivity index (χ0v) is 11.1. The number of amides is 1. The van der Waals surface area contributed by atoms with E-state index in [2.05, 4.69) is 38.7 Å². The number of carbonyl (C=O) groups is 1. The van der Waals surface area contributed by atoms with E-state index >= 15 is 0 Å². The largest absolute Gasteiger partial charge is 0.349 e. The monoisotopic (exact) mass is 237 g/mol. The van der Waals surface area contributed by atoms with Crippen molar-refractivity contribution >= 4 is 18.5 Å². The van der Waals surface area contributed by atoms with E-state index in [1.807, 2.05) is 25.1 Å². The third-order valence-electron chi connectivity index (χ3n) is 2.80. The van der Waals surface area contributed by atoms with E-state index in [9.17, 15) is 4.79 Å². The second-order valence-corrected chi connectivity index (χ2v) is 5.56. The Hall–Kier alpha value is -0.960. The topological polar surface area (TPSA) is 29.1 Å². The summed E-state index contributed by atoms with van der Waals surface area (Å²) in [6.07, 6.45) is 0. The Morgan fingerprint density at radius 1 is 1.31 bits per heavy atom. The van der Waals surface area contributed by atoms with Crippen LogP contribution in [0.25, 0.3) is 0 Å². The Morgan fingerprint density at radius 3 is 2.38 bits per heavy atom. The molecule has 1 atom stereocenters. The van der Waals surface area contributed by atoms with Gasteiger partial charge in [0.15, 0.2) is 0 Å². The molecule has 16 heavy (non-hydrogen) atoms. The van der Waals surface area contributed by atoms with E-state index in [4.69, 9.17) is 0 Å². The predicted molar refractivity (Wildman–Crippen MR) is 70.1 cm³/mol. The van der Waals surface area contributed by atoms with E-state index in [0.717, 1.165) is 0 Å². The van der Waals surface area contributed by atoms with Gasteiger partial charge >= 0.3 is 0 Å². The highest BCUT2D eigenvalue weighted by atomic mass is 32.1. The van der Waals surface area contributed by atoms with Crippen LogP contribution in [-0.4, -0.2) is 11.9 Å². The van der Waals surface area contributed by atoms with Crippen molar-refractivity contribution in [2.24, 2.45) is 5.41 Å². The van der Waals surface area contributed by atoms with Gasteiger partial charge in [0.05, 0.1) is 5.56 Å². The summed E-state index contributed by atoms with van der Waals surface area (Å²) in [6.45, 7) is 8.32. The van der Waals surface area contributed by atoms with Crippen molar-refractivity contribution < 1.29 is 4.79 Å². The van der Waals surface area contributed by atoms with Crippen LogP contribution in [0.15, 0.2) is 29.2 Å². The van der Waals surface area contributed by atoms with Gasteiger partial charge in [-0.15, -0.1) is 12.6 Å². The fourth-order valence-corrected chi connectivity index (χ4v) is 1.42. The molecule has 0 saturated heterocycles. The average Bonchev–Trinajstić information content (AvgIpc) is 2.16. The molecule has 0 fully saturated rings. The Bertz CT molecular complexity index is 382. The van der Waals surface area contributed by atoms with E-state index < -0.39 is 0 Å². The highest BCUT2D eigenvalue weighted by Crippen LogP contribution is 2.20. The second kappa shape index (κ2) is 4.91. The van der Waals surface area contributed by atoms with Crippen molar-refractivity contribution in [2.45, 2.75) is 38.6 Å². The molecule has 1 N–H and O–H groups in total. The van der Waals surface area contributed by atoms with Gasteiger partial charge in [-0.05, 0) is 24.5 Å². The molecule has 2 nitrogen and oxygen atoms in total. The van der Waals surface area contributed by atoms with Crippen LogP contribution in [0.4, 0.5) is 0 Å². The third-order valence-corrected chi connectivity index (χ3v) is 3.19. The number of benzene rings is 1. The third kappa shape index (κ3) is 3.27. The Labute approximate surface area is 103 Å². The smallest absolute Gasteiger partial charge is 0.252 e. The van der Waals surface area contributed by atoms with Crippen molar-refractivity contribution in [3.05, 3.63) is 29.8 Å². The van der Waals surface area contributed by atoms with Crippen LogP contribution in [0.1, 0.15) is 38.1 Å². The number of rotatable bonds is 2. The van der Waals surface area contributed by atoms with Gasteiger partial charge in [0.1, 0.15) is 0 Å². The van der Waals surface area contributed by atoms with E-state index in [0.29, 0.717) is 10.5 Å². The first-order chi connectivity index (χ1) is 7.32. The summed E-state index contributed by atoms with van der Waals surface area (Å²) in [4.78, 5) is 12.7. The standard InChI is InChI=1S/C13H19NOS/c1-9(13(2,3)4)14-12(15)10-7-5-6-8-11(10)16/h5-9,16H,1-4H3,(H,14,15). The molecular weight excluding hydrogens is 218 g/mol. The summed E-state index contributed by atoms with van der Waals surface area (Å²) < 4.78 is 0. The molecule has 0 aromatic heterocycles. The van der Waals surface area contributed by atoms with Gasteiger partial charge in [0, 0.05) is 10.9 Å². The van der Waals surface area contributed by atoms with Crippen molar-refractivity contribution in [3.8, 4) is 0 Å². The van der Waals surface area contributed by atoms with Gasteiger partial charge in [0.2, 0.25) is 0 Å². The molecule has 88 valence electrons. The maximum atomic E-state index is 12.0. The van der Waals surface area contributed by atoms with E-state index in [1.54, 1.807) is 6.07 Å². The molecule has 3 heteroatoms. The Morgan fingerprint density at radius 2 is 1.88 bits per heavy atom. The molecule has 0 aliphatic rings. The molecule has 0 heterocycles. The lowest BCUT2D eigenvalue weighted by molar-refractivity contribution is 0.0907. The molecule has 0 radical (unpaired) electrons. The van der Waals surface area contributed by atoms with Gasteiger partial charge < -0.3 is 5.32 Å². The summed E-state index contributed by atoms with van der Waals surface area (Å²) in [7, 11) is 0. The first kappa shape index (κ1) is 13.1. The highest BCUT2D eigenvalue weighted by molar-refractivity contribution is 7.80. The Balaban J connectivity index is 2.78. The molecule has 0 spiro atoms. The molecule has 0 aliphatic carbocycles. The number of hydrogen-bond acceptors (Lipinski definition) is 2. The summed E-state index contributed by atoms with van der Waals surface area (Å²) in [5, 5.41) is 2.99. The first-order valence-electron chi connectivity index (χ1n) is 5.41. The summed E-state index contributed by atoms with van der Waals surface area (Å²) in [6, 6.07) is 7.43. The minimum Gasteiger partial charge on any atom is -0.349 e. The van der Waals surface area contributed by atoms with Crippen LogP contribution in [0.2, 0.25) is 0 Å². The van der Waals surface area contributed by atoms with Gasteiger partial charge in [-0.1, -0.05) is 32.9 Å². The number of carbonyl (C=O) groups excluding carboxylic acids is 1. The molecular formula is C13H19NOS. The molecule has 1 aromatic carbocycles. The number of thiol groups is 1. The fraction of sp³-hybridized carbons (Fsp3) is 0.462. The van der Waals surface area contributed by atoms with Crippen LogP contribution < -0.4 is 5.32 Å². The molecule has 1 rings (SSSR count). The normalized spacial score (nSPS) is 13.3. The first-order valence-corrected chi connectivity index (χ1v) is 5.86. The second-order valence-electron chi connectivity index (χ2n) is 5.08. The summed E-state index contributed by atoms with van der Waals surface area (Å²) in [5.74, 6) is -0.0620. The average molecular weight is 237 g/mol. The van der Waals surface area contributed by atoms with Crippen LogP contribution in [0, 0.1) is 5.41 Å². The lowest BCUT2D eigenvalue weighted by atomic mass is 9.88. The van der Waals surface area contributed by atoms with Crippen LogP contribution >= 0.6 is 12.6 Å². The lowest BCUT2D eigenvalue weighted by Gasteiger charge is -2.28. The van der Waals surface area contributed by atoms with Gasteiger partial charge in [-0.25, -0.2) is 0 Å². The molecule has 0 aliphatic heterocycles.